The van der Waals surface area contributed by atoms with Gasteiger partial charge in [-0.1, -0.05) is 11.6 Å². The number of carboxylic acids is 1. The van der Waals surface area contributed by atoms with Crippen molar-refractivity contribution in [3.05, 3.63) is 52.3 Å². The van der Waals surface area contributed by atoms with Gasteiger partial charge in [-0.05, 0) is 36.8 Å². The molecule has 0 spiro atoms. The van der Waals surface area contributed by atoms with E-state index in [1.54, 1.807) is 0 Å². The van der Waals surface area contributed by atoms with Crippen molar-refractivity contribution < 1.29 is 27.4 Å². The number of carboxylic acid groups (broad SMARTS) is 1. The van der Waals surface area contributed by atoms with Crippen LogP contribution in [0.3, 0.4) is 0 Å². The minimum atomic E-state index is -4.09. The highest BCUT2D eigenvalue weighted by molar-refractivity contribution is 7.92. The zero-order valence-corrected chi connectivity index (χ0v) is 16.5. The molecule has 2 aromatic carbocycles. The molecule has 0 aromatic heterocycles. The first-order valence-electron chi connectivity index (χ1n) is 8.37. The molecule has 0 radical (unpaired) electrons. The number of nitrogens with one attached hydrogen (secondary N) is 1. The minimum Gasteiger partial charge on any atom is -0.478 e. The molecule has 150 valence electrons. The van der Waals surface area contributed by atoms with E-state index >= 15 is 0 Å². The molecule has 0 amide bonds. The van der Waals surface area contributed by atoms with Gasteiger partial charge in [0.25, 0.3) is 10.0 Å². The first-order valence-corrected chi connectivity index (χ1v) is 10.2. The minimum absolute atomic E-state index is 0.0250. The molecule has 7 nitrogen and oxygen atoms in total. The summed E-state index contributed by atoms with van der Waals surface area (Å²) in [4.78, 5) is 12.8. The van der Waals surface area contributed by atoms with E-state index in [2.05, 4.69) is 4.72 Å². The second-order valence-electron chi connectivity index (χ2n) is 6.27. The van der Waals surface area contributed by atoms with Crippen molar-refractivity contribution in [1.82, 2.24) is 0 Å². The predicted molar refractivity (Wildman–Crippen MR) is 103 cm³/mol. The lowest BCUT2D eigenvalue weighted by molar-refractivity contribution is 0.0696. The average molecular weight is 429 g/mol. The lowest BCUT2D eigenvalue weighted by atomic mass is 10.1. The maximum absolute atomic E-state index is 14.0. The van der Waals surface area contributed by atoms with Crippen LogP contribution in [0.4, 0.5) is 15.8 Å². The summed E-state index contributed by atoms with van der Waals surface area (Å²) in [5.74, 6) is -1.91. The highest BCUT2D eigenvalue weighted by Gasteiger charge is 2.23. The van der Waals surface area contributed by atoms with E-state index in [-0.39, 0.29) is 26.7 Å². The Balaban J connectivity index is 2.00. The molecular weight excluding hydrogens is 411 g/mol. The molecule has 2 aromatic rings. The molecule has 10 heteroatoms. The van der Waals surface area contributed by atoms with Gasteiger partial charge in [-0.2, -0.15) is 0 Å². The molecule has 28 heavy (non-hydrogen) atoms. The molecule has 0 bridgehead atoms. The van der Waals surface area contributed by atoms with Gasteiger partial charge in [0.05, 0.1) is 40.1 Å². The van der Waals surface area contributed by atoms with Gasteiger partial charge < -0.3 is 14.7 Å². The van der Waals surface area contributed by atoms with Gasteiger partial charge >= 0.3 is 5.97 Å². The number of rotatable bonds is 5. The molecule has 0 saturated carbocycles. The van der Waals surface area contributed by atoms with Crippen molar-refractivity contribution in [3.63, 3.8) is 0 Å². The molecule has 2 N–H and O–H groups in total. The summed E-state index contributed by atoms with van der Waals surface area (Å²) >= 11 is 5.90. The summed E-state index contributed by atoms with van der Waals surface area (Å²) in [5, 5.41) is 8.92. The second kappa shape index (κ2) is 7.94. The van der Waals surface area contributed by atoms with Crippen molar-refractivity contribution in [2.24, 2.45) is 0 Å². The van der Waals surface area contributed by atoms with Crippen molar-refractivity contribution in [3.8, 4) is 0 Å². The van der Waals surface area contributed by atoms with Crippen molar-refractivity contribution in [2.45, 2.75) is 11.8 Å². The number of morpholine rings is 1. The number of carbonyl (C=O) groups is 1. The van der Waals surface area contributed by atoms with E-state index in [0.29, 0.717) is 32.0 Å². The lowest BCUT2D eigenvalue weighted by Gasteiger charge is -2.31. The Morgan fingerprint density at radius 2 is 1.93 bits per heavy atom. The third kappa shape index (κ3) is 4.21. The maximum Gasteiger partial charge on any atom is 0.335 e. The molecule has 1 aliphatic heterocycles. The predicted octanol–water partition coefficient (Wildman–Crippen LogP) is 3.12. The van der Waals surface area contributed by atoms with Crippen molar-refractivity contribution in [2.75, 3.05) is 35.9 Å². The van der Waals surface area contributed by atoms with E-state index in [1.807, 2.05) is 4.90 Å². The standard InChI is InChI=1S/C18H18ClFN2O5S/c1-11-8-12(18(23)24)2-3-17(11)28(25,26)21-15-10-14(20)13(19)9-16(15)22-4-6-27-7-5-22/h2-3,8-10,21H,4-7H2,1H3,(H,23,24). The van der Waals surface area contributed by atoms with Crippen molar-refractivity contribution in [1.29, 1.82) is 0 Å². The summed E-state index contributed by atoms with van der Waals surface area (Å²) in [6.07, 6.45) is 0. The number of ether oxygens (including phenoxy) is 1. The smallest absolute Gasteiger partial charge is 0.335 e. The zero-order valence-electron chi connectivity index (χ0n) is 14.9. The van der Waals surface area contributed by atoms with Crippen LogP contribution in [0.5, 0.6) is 0 Å². The average Bonchev–Trinajstić information content (AvgIpc) is 2.64. The van der Waals surface area contributed by atoms with Gasteiger partial charge in [0.1, 0.15) is 5.82 Å². The van der Waals surface area contributed by atoms with E-state index in [4.69, 9.17) is 21.4 Å². The zero-order chi connectivity index (χ0) is 20.5. The van der Waals surface area contributed by atoms with Crippen LogP contribution in [0.1, 0.15) is 15.9 Å². The number of halogens is 2. The molecule has 3 rings (SSSR count). The van der Waals surface area contributed by atoms with Crippen LogP contribution in [-0.4, -0.2) is 45.8 Å². The third-order valence-corrected chi connectivity index (χ3v) is 6.16. The van der Waals surface area contributed by atoms with Crippen LogP contribution in [-0.2, 0) is 14.8 Å². The fourth-order valence-corrected chi connectivity index (χ4v) is 4.42. The van der Waals surface area contributed by atoms with E-state index in [0.717, 1.165) is 6.07 Å². The fourth-order valence-electron chi connectivity index (χ4n) is 2.97. The normalized spacial score (nSPS) is 14.8. The van der Waals surface area contributed by atoms with E-state index in [9.17, 15) is 17.6 Å². The van der Waals surface area contributed by atoms with Crippen LogP contribution in [0.2, 0.25) is 5.02 Å². The van der Waals surface area contributed by atoms with Crippen LogP contribution in [0.15, 0.2) is 35.2 Å². The summed E-state index contributed by atoms with van der Waals surface area (Å²) in [7, 11) is -4.09. The summed E-state index contributed by atoms with van der Waals surface area (Å²) in [6.45, 7) is 3.41. The first kappa shape index (κ1) is 20.4. The van der Waals surface area contributed by atoms with Crippen molar-refractivity contribution >= 4 is 39.0 Å². The van der Waals surface area contributed by atoms with Crippen LogP contribution < -0.4 is 9.62 Å². The monoisotopic (exact) mass is 428 g/mol. The second-order valence-corrected chi connectivity index (χ2v) is 8.33. The SMILES string of the molecule is Cc1cc(C(=O)O)ccc1S(=O)(=O)Nc1cc(F)c(Cl)cc1N1CCOCC1. The van der Waals surface area contributed by atoms with E-state index in [1.165, 1.54) is 31.2 Å². The maximum atomic E-state index is 14.0. The highest BCUT2D eigenvalue weighted by Crippen LogP contribution is 2.34. The lowest BCUT2D eigenvalue weighted by Crippen LogP contribution is -2.36. The Morgan fingerprint density at radius 1 is 1.25 bits per heavy atom. The van der Waals surface area contributed by atoms with Gasteiger partial charge in [0.15, 0.2) is 0 Å². The van der Waals surface area contributed by atoms with Gasteiger partial charge in [-0.15, -0.1) is 0 Å². The van der Waals surface area contributed by atoms with Gasteiger partial charge in [0, 0.05) is 19.2 Å². The van der Waals surface area contributed by atoms with Gasteiger partial charge in [-0.25, -0.2) is 17.6 Å². The molecule has 1 saturated heterocycles. The van der Waals surface area contributed by atoms with Gasteiger partial charge in [-0.3, -0.25) is 4.72 Å². The van der Waals surface area contributed by atoms with E-state index < -0.39 is 21.8 Å². The number of nitrogens with zero attached hydrogens (tertiary/aromatic N) is 1. The number of benzene rings is 2. The Bertz CT molecular complexity index is 1020. The topological polar surface area (TPSA) is 95.9 Å². The molecule has 0 atom stereocenters. The van der Waals surface area contributed by atoms with Crippen LogP contribution in [0.25, 0.3) is 0 Å². The molecule has 0 unspecified atom stereocenters. The Morgan fingerprint density at radius 3 is 2.54 bits per heavy atom. The van der Waals surface area contributed by atoms with Crippen LogP contribution >= 0.6 is 11.6 Å². The quantitative estimate of drug-likeness (QED) is 0.759. The number of aryl methyl sites for hydroxylation is 1. The number of aromatic carboxylic acids is 1. The first-order chi connectivity index (χ1) is 13.2. The number of hydrogen-bond donors (Lipinski definition) is 2. The Kier molecular flexibility index (Phi) is 5.78. The molecule has 1 fully saturated rings. The number of anilines is 2. The third-order valence-electron chi connectivity index (χ3n) is 4.35. The molecule has 1 heterocycles. The molecule has 1 aliphatic rings. The van der Waals surface area contributed by atoms with Crippen LogP contribution in [0, 0.1) is 12.7 Å². The summed E-state index contributed by atoms with van der Waals surface area (Å²) in [5.41, 5.74) is 0.723. The summed E-state index contributed by atoms with van der Waals surface area (Å²) in [6, 6.07) is 6.09. The number of sulfonamides is 1. The molecular formula is C18H18ClFN2O5S. The Hall–Kier alpha value is -2.36. The summed E-state index contributed by atoms with van der Waals surface area (Å²) < 4.78 is 47.5. The molecule has 0 aliphatic carbocycles. The number of hydrogen-bond acceptors (Lipinski definition) is 5. The van der Waals surface area contributed by atoms with Gasteiger partial charge in [0.2, 0.25) is 0 Å². The Labute approximate surface area is 166 Å². The highest BCUT2D eigenvalue weighted by atomic mass is 35.5. The fraction of sp³-hybridized carbons (Fsp3) is 0.278. The largest absolute Gasteiger partial charge is 0.478 e.